The number of hydrogen-bond acceptors (Lipinski definition) is 3. The third kappa shape index (κ3) is 2.70. The van der Waals surface area contributed by atoms with Gasteiger partial charge in [0.2, 0.25) is 0 Å². The molecule has 4 nitrogen and oxygen atoms in total. The minimum atomic E-state index is -0.512. The molecule has 0 aliphatic heterocycles. The Hall–Kier alpha value is -2.69. The lowest BCUT2D eigenvalue weighted by atomic mass is 10.0. The van der Waals surface area contributed by atoms with E-state index in [0.29, 0.717) is 16.6 Å². The molecule has 3 rings (SSSR count). The van der Waals surface area contributed by atoms with E-state index in [2.05, 4.69) is 4.98 Å². The quantitative estimate of drug-likeness (QED) is 0.663. The Morgan fingerprint density at radius 2 is 2.04 bits per heavy atom. The summed E-state index contributed by atoms with van der Waals surface area (Å²) in [5.41, 5.74) is 2.55. The van der Waals surface area contributed by atoms with Gasteiger partial charge in [0.15, 0.2) is 0 Å². The van der Waals surface area contributed by atoms with Crippen LogP contribution in [0.2, 0.25) is 0 Å². The molecular formula is C18H17FN2O2. The van der Waals surface area contributed by atoms with Crippen LogP contribution in [0.25, 0.3) is 28.4 Å². The van der Waals surface area contributed by atoms with Gasteiger partial charge in [-0.15, -0.1) is 0 Å². The molecule has 0 radical (unpaired) electrons. The number of fused-ring (bicyclic) bond motifs is 1. The molecule has 23 heavy (non-hydrogen) atoms. The number of nitrogens with zero attached hydrogens (tertiary/aromatic N) is 2. The van der Waals surface area contributed by atoms with Crippen molar-refractivity contribution in [1.29, 1.82) is 0 Å². The van der Waals surface area contributed by atoms with Crippen molar-refractivity contribution in [2.24, 2.45) is 0 Å². The standard InChI is InChI=1S/C18H17FN2O2/c1-10(2)8-21-9-15(20-12(21)4)17-11(3)14-6-5-13(19)7-16(14)23-18(17)22/h5-9H,1-4H3. The van der Waals surface area contributed by atoms with E-state index >= 15 is 0 Å². The maximum Gasteiger partial charge on any atom is 0.346 e. The summed E-state index contributed by atoms with van der Waals surface area (Å²) in [4.78, 5) is 16.8. The predicted molar refractivity (Wildman–Crippen MR) is 88.8 cm³/mol. The Morgan fingerprint density at radius 3 is 2.74 bits per heavy atom. The highest BCUT2D eigenvalue weighted by Crippen LogP contribution is 2.26. The summed E-state index contributed by atoms with van der Waals surface area (Å²) in [5, 5.41) is 0.704. The van der Waals surface area contributed by atoms with E-state index in [1.807, 2.05) is 38.5 Å². The molecule has 2 heterocycles. The molecule has 118 valence electrons. The first-order valence-electron chi connectivity index (χ1n) is 7.30. The molecule has 1 aromatic carbocycles. The SMILES string of the molecule is CC(C)=Cn1cc(-c2c(C)c3ccc(F)cc3oc2=O)nc1C. The molecule has 0 aliphatic carbocycles. The van der Waals surface area contributed by atoms with Crippen molar-refractivity contribution in [2.75, 3.05) is 0 Å². The third-order valence-electron chi connectivity index (χ3n) is 3.70. The van der Waals surface area contributed by atoms with Gasteiger partial charge in [0.1, 0.15) is 17.2 Å². The van der Waals surface area contributed by atoms with Crippen LogP contribution in [0.5, 0.6) is 0 Å². The van der Waals surface area contributed by atoms with Crippen LogP contribution < -0.4 is 5.63 Å². The minimum absolute atomic E-state index is 0.247. The molecule has 0 atom stereocenters. The summed E-state index contributed by atoms with van der Waals surface area (Å²) in [5.74, 6) is 0.343. The van der Waals surface area contributed by atoms with E-state index in [4.69, 9.17) is 4.42 Å². The highest BCUT2D eigenvalue weighted by atomic mass is 19.1. The summed E-state index contributed by atoms with van der Waals surface area (Å²) in [6, 6.07) is 4.19. The average Bonchev–Trinajstić information content (AvgIpc) is 2.78. The Labute approximate surface area is 132 Å². The smallest absolute Gasteiger partial charge is 0.346 e. The number of aromatic nitrogens is 2. The molecule has 0 amide bonds. The van der Waals surface area contributed by atoms with Gasteiger partial charge in [-0.05, 0) is 45.4 Å². The van der Waals surface area contributed by atoms with Crippen LogP contribution in [0.1, 0.15) is 25.2 Å². The zero-order chi connectivity index (χ0) is 16.7. The zero-order valence-electron chi connectivity index (χ0n) is 13.5. The van der Waals surface area contributed by atoms with Crippen molar-refractivity contribution >= 4 is 17.2 Å². The van der Waals surface area contributed by atoms with Gasteiger partial charge in [0.05, 0.1) is 11.3 Å². The van der Waals surface area contributed by atoms with E-state index in [9.17, 15) is 9.18 Å². The van der Waals surface area contributed by atoms with Crippen molar-refractivity contribution < 1.29 is 8.81 Å². The van der Waals surface area contributed by atoms with Gasteiger partial charge in [0.25, 0.3) is 0 Å². The summed E-state index contributed by atoms with van der Waals surface area (Å²) >= 11 is 0. The van der Waals surface area contributed by atoms with Gasteiger partial charge in [-0.3, -0.25) is 0 Å². The van der Waals surface area contributed by atoms with Crippen LogP contribution in [-0.4, -0.2) is 9.55 Å². The molecule has 0 fully saturated rings. The van der Waals surface area contributed by atoms with Crippen LogP contribution >= 0.6 is 0 Å². The molecule has 0 N–H and O–H groups in total. The van der Waals surface area contributed by atoms with Crippen molar-refractivity contribution in [2.45, 2.75) is 27.7 Å². The summed E-state index contributed by atoms with van der Waals surface area (Å²) in [6.07, 6.45) is 3.75. The molecule has 3 aromatic rings. The first-order valence-corrected chi connectivity index (χ1v) is 7.30. The largest absolute Gasteiger partial charge is 0.422 e. The topological polar surface area (TPSA) is 48.0 Å². The Kier molecular flexibility index (Phi) is 3.64. The van der Waals surface area contributed by atoms with Gasteiger partial charge < -0.3 is 8.98 Å². The summed E-state index contributed by atoms with van der Waals surface area (Å²) in [6.45, 7) is 7.67. The van der Waals surface area contributed by atoms with Crippen LogP contribution in [0.3, 0.4) is 0 Å². The summed E-state index contributed by atoms with van der Waals surface area (Å²) in [7, 11) is 0. The van der Waals surface area contributed by atoms with Crippen molar-refractivity contribution in [3.8, 4) is 11.3 Å². The van der Waals surface area contributed by atoms with E-state index in [1.165, 1.54) is 12.1 Å². The zero-order valence-corrected chi connectivity index (χ0v) is 13.5. The van der Waals surface area contributed by atoms with E-state index in [-0.39, 0.29) is 5.58 Å². The maximum atomic E-state index is 13.3. The molecular weight excluding hydrogens is 295 g/mol. The Morgan fingerprint density at radius 1 is 1.30 bits per heavy atom. The van der Waals surface area contributed by atoms with Crippen LogP contribution in [0.4, 0.5) is 4.39 Å². The average molecular weight is 312 g/mol. The molecule has 0 spiro atoms. The number of benzene rings is 1. The minimum Gasteiger partial charge on any atom is -0.422 e. The fraction of sp³-hybridized carbons (Fsp3) is 0.222. The van der Waals surface area contributed by atoms with Gasteiger partial charge in [-0.1, -0.05) is 5.57 Å². The highest BCUT2D eigenvalue weighted by Gasteiger charge is 2.17. The highest BCUT2D eigenvalue weighted by molar-refractivity contribution is 5.85. The first-order chi connectivity index (χ1) is 10.9. The number of allylic oxidation sites excluding steroid dienone is 1. The first kappa shape index (κ1) is 15.2. The molecule has 2 aromatic heterocycles. The van der Waals surface area contributed by atoms with Crippen molar-refractivity contribution in [3.63, 3.8) is 0 Å². The van der Waals surface area contributed by atoms with E-state index < -0.39 is 11.4 Å². The normalized spacial score (nSPS) is 11.0. The van der Waals surface area contributed by atoms with E-state index in [0.717, 1.165) is 17.0 Å². The number of aryl methyl sites for hydroxylation is 2. The number of hydrogen-bond donors (Lipinski definition) is 0. The van der Waals surface area contributed by atoms with Gasteiger partial charge in [-0.25, -0.2) is 14.2 Å². The molecule has 0 bridgehead atoms. The molecule has 0 unspecified atom stereocenters. The second kappa shape index (κ2) is 5.50. The Bertz CT molecular complexity index is 992. The number of rotatable bonds is 2. The van der Waals surface area contributed by atoms with E-state index in [1.54, 1.807) is 12.3 Å². The fourth-order valence-corrected chi connectivity index (χ4v) is 2.64. The molecule has 0 saturated carbocycles. The van der Waals surface area contributed by atoms with Crippen molar-refractivity contribution in [1.82, 2.24) is 9.55 Å². The van der Waals surface area contributed by atoms with Crippen molar-refractivity contribution in [3.05, 3.63) is 57.6 Å². The molecule has 0 saturated heterocycles. The second-order valence-corrected chi connectivity index (χ2v) is 5.82. The van der Waals surface area contributed by atoms with Gasteiger partial charge in [0, 0.05) is 23.8 Å². The van der Waals surface area contributed by atoms with Crippen LogP contribution in [0.15, 0.2) is 39.2 Å². The number of imidazole rings is 1. The fourth-order valence-electron chi connectivity index (χ4n) is 2.64. The monoisotopic (exact) mass is 312 g/mol. The predicted octanol–water partition coefficient (Wildman–Crippen LogP) is 4.29. The van der Waals surface area contributed by atoms with Gasteiger partial charge >= 0.3 is 5.63 Å². The maximum absolute atomic E-state index is 13.3. The lowest BCUT2D eigenvalue weighted by Gasteiger charge is -2.05. The lowest BCUT2D eigenvalue weighted by molar-refractivity contribution is 0.555. The third-order valence-corrected chi connectivity index (χ3v) is 3.70. The number of halogens is 1. The van der Waals surface area contributed by atoms with Crippen LogP contribution in [0, 0.1) is 19.7 Å². The second-order valence-electron chi connectivity index (χ2n) is 5.82. The van der Waals surface area contributed by atoms with Gasteiger partial charge in [-0.2, -0.15) is 0 Å². The van der Waals surface area contributed by atoms with Crippen LogP contribution in [-0.2, 0) is 0 Å². The molecule has 5 heteroatoms. The Balaban J connectivity index is 2.27. The molecule has 0 aliphatic rings. The summed E-state index contributed by atoms with van der Waals surface area (Å²) < 4.78 is 20.5. The lowest BCUT2D eigenvalue weighted by Crippen LogP contribution is -2.06.